The predicted octanol–water partition coefficient (Wildman–Crippen LogP) is 2.57. The van der Waals surface area contributed by atoms with E-state index in [9.17, 15) is 4.79 Å². The molecule has 17 heavy (non-hydrogen) atoms. The van der Waals surface area contributed by atoms with Gasteiger partial charge in [0.05, 0.1) is 19.0 Å². The van der Waals surface area contributed by atoms with Crippen molar-refractivity contribution < 1.29 is 9.53 Å². The molecule has 3 heteroatoms. The molecule has 0 saturated heterocycles. The number of hydrogen-bond donors (Lipinski definition) is 0. The van der Waals surface area contributed by atoms with Crippen LogP contribution >= 0.6 is 0 Å². The maximum atomic E-state index is 11.2. The third kappa shape index (κ3) is 2.44. The van der Waals surface area contributed by atoms with Crippen LogP contribution in [0.5, 0.6) is 0 Å². The zero-order valence-corrected chi connectivity index (χ0v) is 10.3. The molecule has 0 aliphatic rings. The van der Waals surface area contributed by atoms with Gasteiger partial charge in [-0.05, 0) is 37.1 Å². The number of aromatic nitrogens is 1. The van der Waals surface area contributed by atoms with E-state index in [1.807, 2.05) is 25.1 Å². The Morgan fingerprint density at radius 1 is 1.29 bits per heavy atom. The summed E-state index contributed by atoms with van der Waals surface area (Å²) in [7, 11) is 1.40. The SMILES string of the molecule is COC(=O)Cc1ccc2c(C)cc(C)nc2c1. The lowest BCUT2D eigenvalue weighted by molar-refractivity contribution is -0.139. The largest absolute Gasteiger partial charge is 0.469 e. The van der Waals surface area contributed by atoms with Gasteiger partial charge in [0.2, 0.25) is 0 Å². The summed E-state index contributed by atoms with van der Waals surface area (Å²) < 4.78 is 4.65. The Hall–Kier alpha value is -1.90. The van der Waals surface area contributed by atoms with E-state index in [1.54, 1.807) is 0 Å². The molecule has 0 unspecified atom stereocenters. The minimum Gasteiger partial charge on any atom is -0.469 e. The molecule has 0 N–H and O–H groups in total. The van der Waals surface area contributed by atoms with Gasteiger partial charge in [-0.1, -0.05) is 12.1 Å². The number of carbonyl (C=O) groups excluding carboxylic acids is 1. The molecule has 0 spiro atoms. The van der Waals surface area contributed by atoms with Crippen molar-refractivity contribution >= 4 is 16.9 Å². The van der Waals surface area contributed by atoms with E-state index >= 15 is 0 Å². The Morgan fingerprint density at radius 2 is 2.06 bits per heavy atom. The quantitative estimate of drug-likeness (QED) is 0.743. The molecule has 0 fully saturated rings. The molecular formula is C14H15NO2. The summed E-state index contributed by atoms with van der Waals surface area (Å²) in [6, 6.07) is 7.97. The Kier molecular flexibility index (Phi) is 3.09. The number of aryl methyl sites for hydroxylation is 2. The maximum absolute atomic E-state index is 11.2. The number of esters is 1. The van der Waals surface area contributed by atoms with E-state index in [1.165, 1.54) is 12.7 Å². The molecule has 1 aromatic heterocycles. The average molecular weight is 229 g/mol. The fraction of sp³-hybridized carbons (Fsp3) is 0.286. The Labute approximate surface area is 100 Å². The minimum atomic E-state index is -0.228. The summed E-state index contributed by atoms with van der Waals surface area (Å²) in [5.74, 6) is -0.228. The van der Waals surface area contributed by atoms with Crippen LogP contribution < -0.4 is 0 Å². The van der Waals surface area contributed by atoms with Crippen molar-refractivity contribution in [2.75, 3.05) is 7.11 Å². The first-order valence-electron chi connectivity index (χ1n) is 5.54. The number of benzene rings is 1. The molecule has 0 saturated carbocycles. The number of methoxy groups -OCH3 is 1. The van der Waals surface area contributed by atoms with Gasteiger partial charge in [0.1, 0.15) is 0 Å². The number of fused-ring (bicyclic) bond motifs is 1. The summed E-state index contributed by atoms with van der Waals surface area (Å²) in [4.78, 5) is 15.7. The van der Waals surface area contributed by atoms with Crippen LogP contribution in [0.4, 0.5) is 0 Å². The Bertz CT molecular complexity index is 576. The molecule has 0 aliphatic heterocycles. The van der Waals surface area contributed by atoms with Gasteiger partial charge in [-0.2, -0.15) is 0 Å². The molecule has 0 radical (unpaired) electrons. The highest BCUT2D eigenvalue weighted by Gasteiger charge is 2.06. The third-order valence-electron chi connectivity index (χ3n) is 2.79. The summed E-state index contributed by atoms with van der Waals surface area (Å²) in [6.45, 7) is 4.04. The van der Waals surface area contributed by atoms with Gasteiger partial charge in [-0.15, -0.1) is 0 Å². The van der Waals surface area contributed by atoms with E-state index in [-0.39, 0.29) is 5.97 Å². The van der Waals surface area contributed by atoms with Crippen LogP contribution in [0.25, 0.3) is 10.9 Å². The second-order valence-corrected chi connectivity index (χ2v) is 4.18. The maximum Gasteiger partial charge on any atom is 0.309 e. The van der Waals surface area contributed by atoms with Crippen molar-refractivity contribution in [1.82, 2.24) is 4.98 Å². The first-order valence-corrected chi connectivity index (χ1v) is 5.54. The first-order chi connectivity index (χ1) is 8.10. The zero-order chi connectivity index (χ0) is 12.4. The molecule has 2 aromatic rings. The summed E-state index contributed by atoms with van der Waals surface area (Å²) in [6.07, 6.45) is 0.293. The topological polar surface area (TPSA) is 39.2 Å². The van der Waals surface area contributed by atoms with Crippen molar-refractivity contribution in [3.8, 4) is 0 Å². The van der Waals surface area contributed by atoms with Crippen LogP contribution in [0, 0.1) is 13.8 Å². The fourth-order valence-electron chi connectivity index (χ4n) is 1.97. The van der Waals surface area contributed by atoms with Gasteiger partial charge < -0.3 is 4.74 Å². The number of pyridine rings is 1. The third-order valence-corrected chi connectivity index (χ3v) is 2.79. The van der Waals surface area contributed by atoms with E-state index in [2.05, 4.69) is 22.7 Å². The number of nitrogens with zero attached hydrogens (tertiary/aromatic N) is 1. The number of carbonyl (C=O) groups is 1. The summed E-state index contributed by atoms with van der Waals surface area (Å²) in [5.41, 5.74) is 4.06. The lowest BCUT2D eigenvalue weighted by Crippen LogP contribution is -2.04. The van der Waals surface area contributed by atoms with Crippen LogP contribution in [0.3, 0.4) is 0 Å². The van der Waals surface area contributed by atoms with E-state index < -0.39 is 0 Å². The van der Waals surface area contributed by atoms with Crippen LogP contribution in [-0.2, 0) is 16.0 Å². The molecule has 88 valence electrons. The molecule has 0 aliphatic carbocycles. The lowest BCUT2D eigenvalue weighted by Gasteiger charge is -2.06. The second-order valence-electron chi connectivity index (χ2n) is 4.18. The van der Waals surface area contributed by atoms with Gasteiger partial charge in [0, 0.05) is 11.1 Å². The van der Waals surface area contributed by atoms with Gasteiger partial charge in [-0.25, -0.2) is 0 Å². The highest BCUT2D eigenvalue weighted by molar-refractivity contribution is 5.84. The highest BCUT2D eigenvalue weighted by atomic mass is 16.5. The van der Waals surface area contributed by atoms with Crippen LogP contribution in [-0.4, -0.2) is 18.1 Å². The smallest absolute Gasteiger partial charge is 0.309 e. The number of rotatable bonds is 2. The Balaban J connectivity index is 2.46. The number of hydrogen-bond acceptors (Lipinski definition) is 3. The van der Waals surface area contributed by atoms with E-state index in [0.717, 1.165) is 22.2 Å². The lowest BCUT2D eigenvalue weighted by atomic mass is 10.0. The van der Waals surface area contributed by atoms with Gasteiger partial charge in [0.25, 0.3) is 0 Å². The standard InChI is InChI=1S/C14H15NO2/c1-9-6-10(2)15-13-7-11(4-5-12(9)13)8-14(16)17-3/h4-7H,8H2,1-3H3. The molecule has 2 rings (SSSR count). The van der Waals surface area contributed by atoms with Gasteiger partial charge >= 0.3 is 5.97 Å². The second kappa shape index (κ2) is 4.53. The van der Waals surface area contributed by atoms with Crippen molar-refractivity contribution in [2.24, 2.45) is 0 Å². The monoisotopic (exact) mass is 229 g/mol. The van der Waals surface area contributed by atoms with Crippen molar-refractivity contribution in [3.63, 3.8) is 0 Å². The Morgan fingerprint density at radius 3 is 2.76 bits per heavy atom. The van der Waals surface area contributed by atoms with Crippen LogP contribution in [0.1, 0.15) is 16.8 Å². The first kappa shape index (κ1) is 11.6. The predicted molar refractivity (Wildman–Crippen MR) is 66.9 cm³/mol. The highest BCUT2D eigenvalue weighted by Crippen LogP contribution is 2.19. The van der Waals surface area contributed by atoms with Crippen LogP contribution in [0.15, 0.2) is 24.3 Å². The molecule has 1 heterocycles. The van der Waals surface area contributed by atoms with Crippen molar-refractivity contribution in [2.45, 2.75) is 20.3 Å². The minimum absolute atomic E-state index is 0.228. The molecule has 3 nitrogen and oxygen atoms in total. The summed E-state index contributed by atoms with van der Waals surface area (Å²) >= 11 is 0. The van der Waals surface area contributed by atoms with Crippen molar-refractivity contribution in [3.05, 3.63) is 41.1 Å². The number of ether oxygens (including phenoxy) is 1. The van der Waals surface area contributed by atoms with Crippen LogP contribution in [0.2, 0.25) is 0 Å². The molecule has 1 aromatic carbocycles. The molecule has 0 amide bonds. The van der Waals surface area contributed by atoms with Gasteiger partial charge in [-0.3, -0.25) is 9.78 Å². The summed E-state index contributed by atoms with van der Waals surface area (Å²) in [5, 5.41) is 1.13. The fourth-order valence-corrected chi connectivity index (χ4v) is 1.97. The zero-order valence-electron chi connectivity index (χ0n) is 10.3. The molecule has 0 atom stereocenters. The normalized spacial score (nSPS) is 10.5. The van der Waals surface area contributed by atoms with E-state index in [0.29, 0.717) is 6.42 Å². The molecular weight excluding hydrogens is 214 g/mol. The van der Waals surface area contributed by atoms with Crippen molar-refractivity contribution in [1.29, 1.82) is 0 Å². The average Bonchev–Trinajstić information content (AvgIpc) is 2.28. The molecule has 0 bridgehead atoms. The van der Waals surface area contributed by atoms with E-state index in [4.69, 9.17) is 0 Å². The van der Waals surface area contributed by atoms with Gasteiger partial charge in [0.15, 0.2) is 0 Å².